The van der Waals surface area contributed by atoms with Crippen molar-refractivity contribution in [3.8, 4) is 11.5 Å². The van der Waals surface area contributed by atoms with Crippen molar-refractivity contribution in [2.24, 2.45) is 0 Å². The van der Waals surface area contributed by atoms with Crippen LogP contribution in [0.2, 0.25) is 0 Å². The molecule has 0 aliphatic carbocycles. The van der Waals surface area contributed by atoms with Crippen LogP contribution < -0.4 is 9.47 Å². The normalized spacial score (nSPS) is 11.0. The fourth-order valence-corrected chi connectivity index (χ4v) is 2.17. The lowest BCUT2D eigenvalue weighted by Gasteiger charge is -2.11. The molecule has 2 nitrogen and oxygen atoms in total. The van der Waals surface area contributed by atoms with Crippen LogP contribution >= 0.6 is 0 Å². The molecule has 0 spiro atoms. The van der Waals surface area contributed by atoms with Crippen LogP contribution in [0.5, 0.6) is 11.5 Å². The summed E-state index contributed by atoms with van der Waals surface area (Å²) in [7, 11) is 0. The molecule has 24 heavy (non-hydrogen) atoms. The van der Waals surface area contributed by atoms with Crippen LogP contribution in [0.1, 0.15) is 31.4 Å². The maximum atomic E-state index is 14.0. The zero-order chi connectivity index (χ0) is 17.5. The monoisotopic (exact) mass is 336 g/mol. The topological polar surface area (TPSA) is 18.5 Å². The Morgan fingerprint density at radius 3 is 2.38 bits per heavy atom. The maximum Gasteiger partial charge on any atom is 0.205 e. The van der Waals surface area contributed by atoms with E-state index >= 15 is 0 Å². The van der Waals surface area contributed by atoms with Crippen LogP contribution in [0, 0.1) is 17.5 Å². The second-order valence-electron chi connectivity index (χ2n) is 5.24. The van der Waals surface area contributed by atoms with E-state index in [1.54, 1.807) is 25.1 Å². The fourth-order valence-electron chi connectivity index (χ4n) is 2.17. The second-order valence-corrected chi connectivity index (χ2v) is 5.24. The molecule has 0 amide bonds. The third-order valence-electron chi connectivity index (χ3n) is 3.38. The van der Waals surface area contributed by atoms with Gasteiger partial charge < -0.3 is 9.47 Å². The molecule has 0 saturated heterocycles. The average Bonchev–Trinajstić information content (AvgIpc) is 2.57. The van der Waals surface area contributed by atoms with Crippen molar-refractivity contribution in [3.63, 3.8) is 0 Å². The molecule has 0 heterocycles. The van der Waals surface area contributed by atoms with Crippen LogP contribution in [-0.2, 0) is 13.0 Å². The first-order valence-electron chi connectivity index (χ1n) is 7.72. The Morgan fingerprint density at radius 1 is 1.00 bits per heavy atom. The molecule has 128 valence electrons. The molecule has 0 aromatic heterocycles. The van der Waals surface area contributed by atoms with E-state index in [2.05, 4.69) is 0 Å². The highest BCUT2D eigenvalue weighted by molar-refractivity contribution is 5.35. The number of ether oxygens (including phenoxy) is 2. The number of rotatable bonds is 7. The van der Waals surface area contributed by atoms with E-state index in [1.165, 1.54) is 24.5 Å². The predicted molar refractivity (Wildman–Crippen MR) is 86.5 cm³/mol. The van der Waals surface area contributed by atoms with Crippen LogP contribution in [-0.4, -0.2) is 0 Å². The van der Waals surface area contributed by atoms with Crippen molar-refractivity contribution in [2.75, 3.05) is 0 Å². The molecule has 0 aliphatic heterocycles. The molecule has 0 fully saturated rings. The summed E-state index contributed by atoms with van der Waals surface area (Å²) in [6.45, 7) is 3.51. The Kier molecular flexibility index (Phi) is 6.29. The van der Waals surface area contributed by atoms with Gasteiger partial charge in [0.05, 0.1) is 6.26 Å². The van der Waals surface area contributed by atoms with Gasteiger partial charge in [-0.15, -0.1) is 0 Å². The largest absolute Gasteiger partial charge is 0.486 e. The Bertz CT molecular complexity index is 727. The maximum absolute atomic E-state index is 14.0. The van der Waals surface area contributed by atoms with Gasteiger partial charge in [-0.3, -0.25) is 0 Å². The molecule has 0 atom stereocenters. The van der Waals surface area contributed by atoms with Crippen molar-refractivity contribution in [3.05, 3.63) is 71.2 Å². The van der Waals surface area contributed by atoms with Gasteiger partial charge in [0.2, 0.25) is 11.6 Å². The quantitative estimate of drug-likeness (QED) is 0.617. The third kappa shape index (κ3) is 4.31. The lowest BCUT2D eigenvalue weighted by molar-refractivity contribution is 0.277. The van der Waals surface area contributed by atoms with Crippen molar-refractivity contribution in [2.45, 2.75) is 33.3 Å². The van der Waals surface area contributed by atoms with Gasteiger partial charge in [-0.25, -0.2) is 4.39 Å². The van der Waals surface area contributed by atoms with Crippen molar-refractivity contribution in [1.82, 2.24) is 0 Å². The molecular weight excluding hydrogens is 317 g/mol. The first-order valence-corrected chi connectivity index (χ1v) is 7.72. The van der Waals surface area contributed by atoms with E-state index in [0.717, 1.165) is 18.4 Å². The Labute approximate surface area is 139 Å². The number of allylic oxidation sites excluding steroid dienone is 1. The lowest BCUT2D eigenvalue weighted by atomic mass is 10.1. The van der Waals surface area contributed by atoms with Crippen LogP contribution in [0.3, 0.4) is 0 Å². The number of aryl methyl sites for hydroxylation is 1. The Morgan fingerprint density at radius 2 is 1.71 bits per heavy atom. The van der Waals surface area contributed by atoms with Crippen LogP contribution in [0.4, 0.5) is 13.2 Å². The SMILES string of the molecule is CC=COc1ccc(OCc2ccc(CCC)cc2F)c(F)c1F. The summed E-state index contributed by atoms with van der Waals surface area (Å²) in [4.78, 5) is 0. The Balaban J connectivity index is 2.10. The van der Waals surface area contributed by atoms with Gasteiger partial charge in [0.1, 0.15) is 12.4 Å². The molecule has 0 bridgehead atoms. The van der Waals surface area contributed by atoms with E-state index in [1.807, 2.05) is 6.92 Å². The third-order valence-corrected chi connectivity index (χ3v) is 3.38. The highest BCUT2D eigenvalue weighted by Gasteiger charge is 2.16. The Hall–Kier alpha value is -2.43. The summed E-state index contributed by atoms with van der Waals surface area (Å²) in [5.41, 5.74) is 1.17. The van der Waals surface area contributed by atoms with Gasteiger partial charge in [-0.2, -0.15) is 8.78 Å². The fraction of sp³-hybridized carbons (Fsp3) is 0.263. The van der Waals surface area contributed by atoms with E-state index in [4.69, 9.17) is 9.47 Å². The van der Waals surface area contributed by atoms with Gasteiger partial charge in [0.25, 0.3) is 0 Å². The van der Waals surface area contributed by atoms with Gasteiger partial charge in [0, 0.05) is 5.56 Å². The van der Waals surface area contributed by atoms with E-state index in [0.29, 0.717) is 0 Å². The summed E-state index contributed by atoms with van der Waals surface area (Å²) in [5.74, 6) is -3.27. The molecular formula is C19H19F3O2. The minimum absolute atomic E-state index is 0.191. The van der Waals surface area contributed by atoms with Gasteiger partial charge in [-0.05, 0) is 37.1 Å². The molecule has 2 rings (SSSR count). The summed E-state index contributed by atoms with van der Waals surface area (Å²) in [6.07, 6.45) is 4.49. The molecule has 0 radical (unpaired) electrons. The first-order chi connectivity index (χ1) is 11.6. The lowest BCUT2D eigenvalue weighted by Crippen LogP contribution is -2.02. The molecule has 0 unspecified atom stereocenters. The zero-order valence-corrected chi connectivity index (χ0v) is 13.6. The van der Waals surface area contributed by atoms with E-state index in [9.17, 15) is 13.2 Å². The average molecular weight is 336 g/mol. The second kappa shape index (κ2) is 8.43. The number of hydrogen-bond acceptors (Lipinski definition) is 2. The highest BCUT2D eigenvalue weighted by Crippen LogP contribution is 2.28. The van der Waals surface area contributed by atoms with Gasteiger partial charge >= 0.3 is 0 Å². The zero-order valence-electron chi connectivity index (χ0n) is 13.6. The predicted octanol–water partition coefficient (Wildman–Crippen LogP) is 5.55. The van der Waals surface area contributed by atoms with E-state index < -0.39 is 17.5 Å². The number of benzene rings is 2. The molecule has 0 aliphatic rings. The molecule has 2 aromatic carbocycles. The van der Waals surface area contributed by atoms with Gasteiger partial charge in [0.15, 0.2) is 11.5 Å². The molecule has 0 saturated carbocycles. The number of hydrogen-bond donors (Lipinski definition) is 0. The van der Waals surface area contributed by atoms with Gasteiger partial charge in [-0.1, -0.05) is 31.6 Å². The van der Waals surface area contributed by atoms with Crippen LogP contribution in [0.15, 0.2) is 42.7 Å². The summed E-state index contributed by atoms with van der Waals surface area (Å²) >= 11 is 0. The highest BCUT2D eigenvalue weighted by atomic mass is 19.2. The minimum atomic E-state index is -1.17. The van der Waals surface area contributed by atoms with Crippen molar-refractivity contribution < 1.29 is 22.6 Å². The standard InChI is InChI=1S/C19H19F3O2/c1-3-5-13-6-7-14(15(20)11-13)12-24-17-9-8-16(23-10-4-2)18(21)19(17)22/h4,6-11H,3,5,12H2,1-2H3. The molecule has 0 N–H and O–H groups in total. The minimum Gasteiger partial charge on any atom is -0.486 e. The first kappa shape index (κ1) is 17.9. The summed E-state index contributed by atoms with van der Waals surface area (Å²) in [5, 5.41) is 0. The number of halogens is 3. The van der Waals surface area contributed by atoms with E-state index in [-0.39, 0.29) is 23.7 Å². The molecule has 5 heteroatoms. The summed E-state index contributed by atoms with van der Waals surface area (Å²) in [6, 6.07) is 7.34. The van der Waals surface area contributed by atoms with Crippen LogP contribution in [0.25, 0.3) is 0 Å². The summed E-state index contributed by atoms with van der Waals surface area (Å²) < 4.78 is 51.9. The van der Waals surface area contributed by atoms with Crippen molar-refractivity contribution >= 4 is 0 Å². The smallest absolute Gasteiger partial charge is 0.205 e. The van der Waals surface area contributed by atoms with Crippen molar-refractivity contribution in [1.29, 1.82) is 0 Å². The molecule has 2 aromatic rings.